The summed E-state index contributed by atoms with van der Waals surface area (Å²) in [5.74, 6) is 0.574. The quantitative estimate of drug-likeness (QED) is 0.448. The summed E-state index contributed by atoms with van der Waals surface area (Å²) in [4.78, 5) is 24.3. The largest absolute Gasteiger partial charge is 0.493 e. The number of amides is 2. The Bertz CT molecular complexity index is 910. The van der Waals surface area contributed by atoms with Crippen molar-refractivity contribution in [3.8, 4) is 23.0 Å². The Balaban J connectivity index is 1.88. The minimum absolute atomic E-state index is 0.0994. The molecule has 0 spiro atoms. The van der Waals surface area contributed by atoms with Crippen LogP contribution in [0.3, 0.4) is 0 Å². The number of ether oxygens (including phenoxy) is 4. The summed E-state index contributed by atoms with van der Waals surface area (Å²) in [6, 6.07) is 10.3. The second kappa shape index (κ2) is 10.9. The summed E-state index contributed by atoms with van der Waals surface area (Å²) in [7, 11) is 4.35. The smallest absolute Gasteiger partial charge is 0.276 e. The number of methoxy groups -OCH3 is 3. The highest BCUT2D eigenvalue weighted by Crippen LogP contribution is 2.38. The fourth-order valence-corrected chi connectivity index (χ4v) is 2.58. The number of aryl methyl sites for hydroxylation is 1. The van der Waals surface area contributed by atoms with Crippen molar-refractivity contribution in [1.29, 1.82) is 0 Å². The van der Waals surface area contributed by atoms with Crippen LogP contribution in [-0.4, -0.2) is 44.9 Å². The average Bonchev–Trinajstić information content (AvgIpc) is 2.75. The number of nitrogens with one attached hydrogen (secondary N) is 3. The van der Waals surface area contributed by atoms with E-state index in [0.29, 0.717) is 23.0 Å². The van der Waals surface area contributed by atoms with Gasteiger partial charge >= 0.3 is 0 Å². The van der Waals surface area contributed by atoms with E-state index in [0.717, 1.165) is 5.56 Å². The predicted octanol–water partition coefficient (Wildman–Crippen LogP) is 1.74. The molecule has 0 saturated heterocycles. The van der Waals surface area contributed by atoms with Crippen molar-refractivity contribution >= 4 is 29.1 Å². The molecule has 0 aliphatic rings. The maximum atomic E-state index is 12.5. The number of hydrogen-bond acceptors (Lipinski definition) is 7. The lowest BCUT2D eigenvalue weighted by atomic mass is 10.1. The normalized spacial score (nSPS) is 9.87. The summed E-state index contributed by atoms with van der Waals surface area (Å²) >= 11 is 5.03. The van der Waals surface area contributed by atoms with Gasteiger partial charge in [-0.25, -0.2) is 0 Å². The molecule has 0 bridgehead atoms. The first kappa shape index (κ1) is 22.8. The molecule has 9 nitrogen and oxygen atoms in total. The van der Waals surface area contributed by atoms with Crippen molar-refractivity contribution in [2.24, 2.45) is 0 Å². The molecule has 2 aromatic carbocycles. The monoisotopic (exact) mass is 433 g/mol. The van der Waals surface area contributed by atoms with Crippen LogP contribution in [0, 0.1) is 6.92 Å². The van der Waals surface area contributed by atoms with Crippen molar-refractivity contribution in [1.82, 2.24) is 16.2 Å². The number of hydrogen-bond donors (Lipinski definition) is 3. The lowest BCUT2D eigenvalue weighted by Gasteiger charge is -2.15. The Hall–Kier alpha value is -3.53. The number of benzene rings is 2. The molecule has 30 heavy (non-hydrogen) atoms. The first-order chi connectivity index (χ1) is 14.4. The molecular formula is C20H23N3O6S. The Morgan fingerprint density at radius 2 is 1.63 bits per heavy atom. The maximum Gasteiger partial charge on any atom is 0.276 e. The second-order valence-electron chi connectivity index (χ2n) is 5.98. The van der Waals surface area contributed by atoms with Gasteiger partial charge in [-0.15, -0.1) is 0 Å². The molecule has 0 atom stereocenters. The zero-order valence-electron chi connectivity index (χ0n) is 17.0. The Labute approximate surface area is 179 Å². The predicted molar refractivity (Wildman–Crippen MR) is 114 cm³/mol. The van der Waals surface area contributed by atoms with E-state index in [1.165, 1.54) is 33.5 Å². The summed E-state index contributed by atoms with van der Waals surface area (Å²) in [6.07, 6.45) is 0. The molecule has 3 N–H and O–H groups in total. The van der Waals surface area contributed by atoms with E-state index in [4.69, 9.17) is 31.2 Å². The van der Waals surface area contributed by atoms with Crippen molar-refractivity contribution in [2.75, 3.05) is 27.9 Å². The third kappa shape index (κ3) is 6.24. The molecular weight excluding hydrogens is 410 g/mol. The fourth-order valence-electron chi connectivity index (χ4n) is 2.44. The van der Waals surface area contributed by atoms with Crippen LogP contribution in [0.5, 0.6) is 23.0 Å². The Kier molecular flexibility index (Phi) is 8.24. The zero-order valence-corrected chi connectivity index (χ0v) is 17.8. The summed E-state index contributed by atoms with van der Waals surface area (Å²) in [6.45, 7) is 1.70. The summed E-state index contributed by atoms with van der Waals surface area (Å²) in [5, 5.41) is 2.35. The van der Waals surface area contributed by atoms with E-state index in [1.807, 2.05) is 25.1 Å². The highest BCUT2D eigenvalue weighted by Gasteiger charge is 2.17. The van der Waals surface area contributed by atoms with Gasteiger partial charge in [0.25, 0.3) is 11.8 Å². The van der Waals surface area contributed by atoms with Gasteiger partial charge in [-0.3, -0.25) is 25.8 Å². The van der Waals surface area contributed by atoms with Crippen LogP contribution in [0.2, 0.25) is 0 Å². The molecule has 2 amide bonds. The number of carbonyl (C=O) groups excluding carboxylic acids is 2. The van der Waals surface area contributed by atoms with Gasteiger partial charge in [0.1, 0.15) is 5.75 Å². The van der Waals surface area contributed by atoms with E-state index in [-0.39, 0.29) is 17.3 Å². The number of rotatable bonds is 7. The van der Waals surface area contributed by atoms with E-state index in [1.54, 1.807) is 6.07 Å². The molecule has 0 unspecified atom stereocenters. The van der Waals surface area contributed by atoms with E-state index in [2.05, 4.69) is 16.2 Å². The van der Waals surface area contributed by atoms with Gasteiger partial charge in [0.15, 0.2) is 23.2 Å². The van der Waals surface area contributed by atoms with Gasteiger partial charge in [0.05, 0.1) is 21.3 Å². The number of carbonyl (C=O) groups is 2. The summed E-state index contributed by atoms with van der Waals surface area (Å²) < 4.78 is 21.0. The first-order valence-electron chi connectivity index (χ1n) is 8.77. The van der Waals surface area contributed by atoms with Crippen molar-refractivity contribution in [3.63, 3.8) is 0 Å². The zero-order chi connectivity index (χ0) is 22.1. The molecule has 160 valence electrons. The Morgan fingerprint density at radius 1 is 0.967 bits per heavy atom. The highest BCUT2D eigenvalue weighted by atomic mass is 32.1. The van der Waals surface area contributed by atoms with Gasteiger partial charge in [-0.2, -0.15) is 0 Å². The molecule has 0 aliphatic heterocycles. The Morgan fingerprint density at radius 3 is 2.20 bits per heavy atom. The van der Waals surface area contributed by atoms with Crippen LogP contribution in [0.15, 0.2) is 36.4 Å². The topological polar surface area (TPSA) is 107 Å². The molecule has 2 aromatic rings. The minimum Gasteiger partial charge on any atom is -0.493 e. The minimum atomic E-state index is -0.531. The molecule has 0 heterocycles. The number of thiocarbonyl (C=S) groups is 1. The van der Waals surface area contributed by atoms with Gasteiger partial charge < -0.3 is 18.9 Å². The average molecular weight is 433 g/mol. The molecule has 0 aliphatic carbocycles. The molecule has 0 radical (unpaired) electrons. The lowest BCUT2D eigenvalue weighted by molar-refractivity contribution is -0.123. The van der Waals surface area contributed by atoms with Gasteiger partial charge in [-0.1, -0.05) is 12.1 Å². The van der Waals surface area contributed by atoms with Crippen LogP contribution in [0.25, 0.3) is 0 Å². The van der Waals surface area contributed by atoms with Gasteiger partial charge in [0, 0.05) is 5.56 Å². The van der Waals surface area contributed by atoms with Crippen LogP contribution >= 0.6 is 12.2 Å². The first-order valence-corrected chi connectivity index (χ1v) is 9.18. The SMILES string of the molecule is COc1cc(C(=O)NC(=S)NNC(=O)COc2cccc(C)c2)cc(OC)c1OC. The van der Waals surface area contributed by atoms with Gasteiger partial charge in [-0.05, 0) is 49.0 Å². The van der Waals surface area contributed by atoms with Crippen molar-refractivity contribution < 1.29 is 28.5 Å². The van der Waals surface area contributed by atoms with Crippen LogP contribution in [-0.2, 0) is 4.79 Å². The molecule has 0 fully saturated rings. The third-order valence-electron chi connectivity index (χ3n) is 3.83. The molecule has 0 saturated carbocycles. The van der Waals surface area contributed by atoms with Gasteiger partial charge in [0.2, 0.25) is 5.75 Å². The maximum absolute atomic E-state index is 12.5. The summed E-state index contributed by atoms with van der Waals surface area (Å²) in [5.41, 5.74) is 6.03. The molecule has 0 aromatic heterocycles. The third-order valence-corrected chi connectivity index (χ3v) is 4.03. The second-order valence-corrected chi connectivity index (χ2v) is 6.38. The number of hydrazine groups is 1. The highest BCUT2D eigenvalue weighted by molar-refractivity contribution is 7.80. The standard InChI is InChI=1S/C20H23N3O6S/c1-12-6-5-7-14(8-12)29-11-17(24)22-23-20(30)21-19(25)13-9-15(26-2)18(28-4)16(10-13)27-3/h5-10H,11H2,1-4H3,(H,22,24)(H2,21,23,25,30). The van der Waals surface area contributed by atoms with Crippen LogP contribution < -0.4 is 35.1 Å². The fraction of sp³-hybridized carbons (Fsp3) is 0.250. The molecule has 2 rings (SSSR count). The lowest BCUT2D eigenvalue weighted by Crippen LogP contribution is -2.49. The molecule has 10 heteroatoms. The van der Waals surface area contributed by atoms with E-state index < -0.39 is 11.8 Å². The van der Waals surface area contributed by atoms with E-state index in [9.17, 15) is 9.59 Å². The van der Waals surface area contributed by atoms with Crippen molar-refractivity contribution in [2.45, 2.75) is 6.92 Å². The van der Waals surface area contributed by atoms with Crippen LogP contribution in [0.1, 0.15) is 15.9 Å². The van der Waals surface area contributed by atoms with Crippen molar-refractivity contribution in [3.05, 3.63) is 47.5 Å². The van der Waals surface area contributed by atoms with Crippen LogP contribution in [0.4, 0.5) is 0 Å². The van der Waals surface area contributed by atoms with E-state index >= 15 is 0 Å².